The van der Waals surface area contributed by atoms with Crippen molar-refractivity contribution >= 4 is 27.5 Å². The van der Waals surface area contributed by atoms with Crippen LogP contribution in [0, 0.1) is 0 Å². The van der Waals surface area contributed by atoms with Gasteiger partial charge in [0.15, 0.2) is 0 Å². The molecule has 1 fully saturated rings. The summed E-state index contributed by atoms with van der Waals surface area (Å²) >= 11 is 6.01. The first-order chi connectivity index (χ1) is 12.8. The second kappa shape index (κ2) is 10.2. The molecular weight excluding hydrogens is 386 g/mol. The number of nitrogens with one attached hydrogen (secondary N) is 3. The van der Waals surface area contributed by atoms with E-state index in [1.165, 1.54) is 50.1 Å². The minimum absolute atomic E-state index is 0.0748. The maximum atomic E-state index is 12.4. The smallest absolute Gasteiger partial charge is 0.251 e. The zero-order chi connectivity index (χ0) is 19.9. The molecule has 1 aromatic rings. The molecule has 0 radical (unpaired) electrons. The number of benzene rings is 1. The topological polar surface area (TPSA) is 79.7 Å². The fourth-order valence-corrected chi connectivity index (χ4v) is 4.86. The molecule has 1 aliphatic rings. The summed E-state index contributed by atoms with van der Waals surface area (Å²) in [7, 11) is -3.79. The van der Waals surface area contributed by atoms with E-state index in [0.29, 0.717) is 12.6 Å². The number of carbonyl (C=O) groups excluding carboxylic acids is 1. The minimum atomic E-state index is -3.79. The van der Waals surface area contributed by atoms with Crippen LogP contribution < -0.4 is 14.9 Å². The summed E-state index contributed by atoms with van der Waals surface area (Å²) in [6, 6.07) is 4.95. The molecule has 150 valence electrons. The van der Waals surface area contributed by atoms with E-state index in [9.17, 15) is 13.2 Å². The lowest BCUT2D eigenvalue weighted by Crippen LogP contribution is -3.16. The average Bonchev–Trinajstić information content (AvgIpc) is 2.65. The maximum absolute atomic E-state index is 12.4. The quantitative estimate of drug-likeness (QED) is 0.422. The molecule has 2 rings (SSSR count). The lowest BCUT2D eigenvalue weighted by Gasteiger charge is -2.30. The molecule has 8 heteroatoms. The lowest BCUT2D eigenvalue weighted by atomic mass is 10.0. The first kappa shape index (κ1) is 21.9. The van der Waals surface area contributed by atoms with Crippen LogP contribution in [-0.2, 0) is 10.0 Å². The summed E-state index contributed by atoms with van der Waals surface area (Å²) in [6.07, 6.45) is 6.18. The van der Waals surface area contributed by atoms with Gasteiger partial charge < -0.3 is 10.2 Å². The molecule has 1 saturated heterocycles. The SMILES string of the molecule is C=CCNS(=O)(=O)c1cc(C(=O)NCCC[NH+]2CCCC[C@H]2C)ccc1Cl. The molecule has 1 aliphatic heterocycles. The molecule has 1 unspecified atom stereocenters. The van der Waals surface area contributed by atoms with E-state index in [1.54, 1.807) is 4.90 Å². The number of likely N-dealkylation sites (tertiary alicyclic amines) is 1. The predicted octanol–water partition coefficient (Wildman–Crippen LogP) is 1.38. The van der Waals surface area contributed by atoms with Crippen LogP contribution in [0.2, 0.25) is 5.02 Å². The van der Waals surface area contributed by atoms with Gasteiger partial charge in [0.2, 0.25) is 10.0 Å². The number of piperidine rings is 1. The van der Waals surface area contributed by atoms with Crippen molar-refractivity contribution in [3.63, 3.8) is 0 Å². The van der Waals surface area contributed by atoms with Gasteiger partial charge in [-0.3, -0.25) is 4.79 Å². The third-order valence-corrected chi connectivity index (χ3v) is 6.85. The lowest BCUT2D eigenvalue weighted by molar-refractivity contribution is -0.928. The third-order valence-electron chi connectivity index (χ3n) is 4.94. The second-order valence-corrected chi connectivity index (χ2v) is 9.09. The van der Waals surface area contributed by atoms with Crippen molar-refractivity contribution in [1.82, 2.24) is 10.0 Å². The predicted molar refractivity (Wildman–Crippen MR) is 108 cm³/mol. The molecule has 0 aliphatic carbocycles. The van der Waals surface area contributed by atoms with Crippen LogP contribution in [0.4, 0.5) is 0 Å². The van der Waals surface area contributed by atoms with Crippen molar-refractivity contribution < 1.29 is 18.1 Å². The van der Waals surface area contributed by atoms with Crippen LogP contribution >= 0.6 is 11.6 Å². The van der Waals surface area contributed by atoms with Crippen LogP contribution in [0.15, 0.2) is 35.7 Å². The van der Waals surface area contributed by atoms with Crippen LogP contribution in [0.1, 0.15) is 43.0 Å². The Hall–Kier alpha value is -1.41. The van der Waals surface area contributed by atoms with Gasteiger partial charge >= 0.3 is 0 Å². The molecule has 6 nitrogen and oxygen atoms in total. The number of sulfonamides is 1. The van der Waals surface area contributed by atoms with Crippen molar-refractivity contribution in [3.8, 4) is 0 Å². The molecular formula is C19H29ClN3O3S+. The second-order valence-electron chi connectivity index (χ2n) is 6.95. The summed E-state index contributed by atoms with van der Waals surface area (Å²) < 4.78 is 26.9. The van der Waals surface area contributed by atoms with E-state index in [1.807, 2.05) is 0 Å². The Bertz CT molecular complexity index is 767. The van der Waals surface area contributed by atoms with Gasteiger partial charge in [0.1, 0.15) is 4.90 Å². The monoisotopic (exact) mass is 414 g/mol. The molecule has 3 N–H and O–H groups in total. The average molecular weight is 415 g/mol. The van der Waals surface area contributed by atoms with Crippen molar-refractivity contribution in [3.05, 3.63) is 41.4 Å². The van der Waals surface area contributed by atoms with E-state index in [2.05, 4.69) is 23.5 Å². The van der Waals surface area contributed by atoms with Gasteiger partial charge in [0, 0.05) is 25.1 Å². The Morgan fingerprint density at radius 1 is 1.41 bits per heavy atom. The van der Waals surface area contributed by atoms with Gasteiger partial charge in [0.05, 0.1) is 24.2 Å². The van der Waals surface area contributed by atoms with Gasteiger partial charge in [-0.1, -0.05) is 17.7 Å². The van der Waals surface area contributed by atoms with Crippen molar-refractivity contribution in [1.29, 1.82) is 0 Å². The zero-order valence-corrected chi connectivity index (χ0v) is 17.3. The zero-order valence-electron chi connectivity index (χ0n) is 15.8. The van der Waals surface area contributed by atoms with Crippen LogP contribution in [0.3, 0.4) is 0 Å². The molecule has 2 atom stereocenters. The first-order valence-electron chi connectivity index (χ1n) is 9.38. The normalized spacial score (nSPS) is 20.2. The van der Waals surface area contributed by atoms with Gasteiger partial charge in [-0.2, -0.15) is 0 Å². The van der Waals surface area contributed by atoms with Gasteiger partial charge in [-0.05, 0) is 44.4 Å². The summed E-state index contributed by atoms with van der Waals surface area (Å²) in [6.45, 7) is 8.65. The summed E-state index contributed by atoms with van der Waals surface area (Å²) in [5, 5.41) is 2.94. The fraction of sp³-hybridized carbons (Fsp3) is 0.526. The highest BCUT2D eigenvalue weighted by atomic mass is 35.5. The standard InChI is InChI=1S/C19H28ClN3O3S/c1-3-10-22-27(25,26)18-14-16(8-9-17(18)20)19(24)21-11-6-13-23-12-5-4-7-15(23)2/h3,8-9,14-15,22H,1,4-7,10-13H2,2H3,(H,21,24)/p+1/t15-/m1/s1. The molecule has 0 bridgehead atoms. The van der Waals surface area contributed by atoms with Crippen LogP contribution in [0.5, 0.6) is 0 Å². The Kier molecular flexibility index (Phi) is 8.28. The maximum Gasteiger partial charge on any atom is 0.251 e. The Morgan fingerprint density at radius 3 is 2.89 bits per heavy atom. The number of amides is 1. The fourth-order valence-electron chi connectivity index (χ4n) is 3.34. The highest BCUT2D eigenvalue weighted by molar-refractivity contribution is 7.89. The first-order valence-corrected chi connectivity index (χ1v) is 11.2. The third kappa shape index (κ3) is 6.31. The molecule has 0 aromatic heterocycles. The Morgan fingerprint density at radius 2 is 2.19 bits per heavy atom. The summed E-state index contributed by atoms with van der Waals surface area (Å²) in [4.78, 5) is 13.9. The highest BCUT2D eigenvalue weighted by Gasteiger charge is 2.22. The molecule has 1 amide bonds. The summed E-state index contributed by atoms with van der Waals surface area (Å²) in [5.74, 6) is -0.298. The van der Waals surface area contributed by atoms with Gasteiger partial charge in [-0.15, -0.1) is 6.58 Å². The summed E-state index contributed by atoms with van der Waals surface area (Å²) in [5.41, 5.74) is 0.275. The molecule has 1 heterocycles. The Labute approximate surface area is 167 Å². The minimum Gasteiger partial charge on any atom is -0.352 e. The molecule has 1 aromatic carbocycles. The largest absolute Gasteiger partial charge is 0.352 e. The van der Waals surface area contributed by atoms with Crippen LogP contribution in [0.25, 0.3) is 0 Å². The molecule has 0 spiro atoms. The van der Waals surface area contributed by atoms with Crippen molar-refractivity contribution in [2.45, 2.75) is 43.5 Å². The number of rotatable bonds is 9. The van der Waals surface area contributed by atoms with Gasteiger partial charge in [0.25, 0.3) is 5.91 Å². The highest BCUT2D eigenvalue weighted by Crippen LogP contribution is 2.22. The van der Waals surface area contributed by atoms with Crippen molar-refractivity contribution in [2.24, 2.45) is 0 Å². The molecule has 0 saturated carbocycles. The number of quaternary nitrogens is 1. The van der Waals surface area contributed by atoms with Crippen molar-refractivity contribution in [2.75, 3.05) is 26.2 Å². The van der Waals surface area contributed by atoms with Crippen LogP contribution in [-0.4, -0.2) is 46.5 Å². The van der Waals surface area contributed by atoms with E-state index >= 15 is 0 Å². The molecule has 27 heavy (non-hydrogen) atoms. The number of hydrogen-bond acceptors (Lipinski definition) is 3. The Balaban J connectivity index is 1.92. The van der Waals surface area contributed by atoms with E-state index < -0.39 is 10.0 Å². The van der Waals surface area contributed by atoms with E-state index in [-0.39, 0.29) is 27.9 Å². The number of hydrogen-bond donors (Lipinski definition) is 3. The number of carbonyl (C=O) groups is 1. The van der Waals surface area contributed by atoms with Gasteiger partial charge in [-0.25, -0.2) is 13.1 Å². The number of halogens is 1. The van der Waals surface area contributed by atoms with E-state index in [4.69, 9.17) is 11.6 Å². The van der Waals surface area contributed by atoms with E-state index in [0.717, 1.165) is 13.0 Å².